The summed E-state index contributed by atoms with van der Waals surface area (Å²) < 4.78 is 1.84. The highest BCUT2D eigenvalue weighted by atomic mass is 15.3. The molecule has 1 aromatic heterocycles. The van der Waals surface area contributed by atoms with Gasteiger partial charge in [-0.3, -0.25) is 9.58 Å². The average Bonchev–Trinajstić information content (AvgIpc) is 2.49. The Bertz CT molecular complexity index is 325. The third-order valence-electron chi connectivity index (χ3n) is 2.98. The summed E-state index contributed by atoms with van der Waals surface area (Å²) >= 11 is 0. The van der Waals surface area contributed by atoms with E-state index in [0.29, 0.717) is 0 Å². The van der Waals surface area contributed by atoms with Crippen LogP contribution >= 0.6 is 0 Å². The van der Waals surface area contributed by atoms with E-state index in [-0.39, 0.29) is 5.54 Å². The molecule has 2 heterocycles. The molecule has 0 unspecified atom stereocenters. The highest BCUT2D eigenvalue weighted by Crippen LogP contribution is 2.24. The topological polar surface area (TPSA) is 47.1 Å². The Hall–Kier alpha value is -0.870. The lowest BCUT2D eigenvalue weighted by molar-refractivity contribution is 0.0555. The molecule has 1 fully saturated rings. The van der Waals surface area contributed by atoms with Crippen LogP contribution in [0.4, 0.5) is 0 Å². The van der Waals surface area contributed by atoms with E-state index in [1.54, 1.807) is 0 Å². The lowest BCUT2D eigenvalue weighted by Crippen LogP contribution is -2.66. The van der Waals surface area contributed by atoms with Crippen LogP contribution in [-0.4, -0.2) is 33.3 Å². The normalized spacial score (nSPS) is 20.2. The smallest absolute Gasteiger partial charge is 0.0764 e. The van der Waals surface area contributed by atoms with Gasteiger partial charge in [-0.2, -0.15) is 5.10 Å². The second kappa shape index (κ2) is 3.94. The van der Waals surface area contributed by atoms with Crippen molar-refractivity contribution in [2.24, 2.45) is 12.8 Å². The molecule has 4 heteroatoms. The van der Waals surface area contributed by atoms with Crippen molar-refractivity contribution >= 4 is 0 Å². The van der Waals surface area contributed by atoms with Crippen LogP contribution in [0.15, 0.2) is 12.3 Å². The fourth-order valence-electron chi connectivity index (χ4n) is 2.39. The molecule has 0 saturated carbocycles. The first-order chi connectivity index (χ1) is 7.11. The van der Waals surface area contributed by atoms with Crippen molar-refractivity contribution in [3.05, 3.63) is 18.0 Å². The van der Waals surface area contributed by atoms with Gasteiger partial charge in [0.25, 0.3) is 0 Å². The second-order valence-electron chi connectivity index (χ2n) is 4.74. The molecule has 2 rings (SSSR count). The third-order valence-corrected chi connectivity index (χ3v) is 2.98. The van der Waals surface area contributed by atoms with Gasteiger partial charge >= 0.3 is 0 Å². The largest absolute Gasteiger partial charge is 0.323 e. The van der Waals surface area contributed by atoms with Gasteiger partial charge in [0.1, 0.15) is 0 Å². The summed E-state index contributed by atoms with van der Waals surface area (Å²) in [7, 11) is 1.95. The number of rotatable bonds is 4. The molecule has 0 aromatic carbocycles. The lowest BCUT2D eigenvalue weighted by Gasteiger charge is -2.47. The average molecular weight is 208 g/mol. The van der Waals surface area contributed by atoms with E-state index in [0.717, 1.165) is 31.7 Å². The molecule has 0 atom stereocenters. The third kappa shape index (κ3) is 2.38. The standard InChI is InChI=1S/C11H20N4/c1-3-5-11(12)8-15(9-11)7-10-4-6-14(2)13-10/h4,6H,3,5,7-9,12H2,1-2H3. The Morgan fingerprint density at radius 2 is 2.27 bits per heavy atom. The van der Waals surface area contributed by atoms with E-state index >= 15 is 0 Å². The maximum atomic E-state index is 6.20. The van der Waals surface area contributed by atoms with Crippen LogP contribution in [0.5, 0.6) is 0 Å². The minimum absolute atomic E-state index is 0.0729. The first kappa shape index (κ1) is 10.6. The fraction of sp³-hybridized carbons (Fsp3) is 0.727. The number of aromatic nitrogens is 2. The van der Waals surface area contributed by atoms with E-state index in [1.807, 2.05) is 17.9 Å². The van der Waals surface area contributed by atoms with Crippen LogP contribution in [0.1, 0.15) is 25.5 Å². The van der Waals surface area contributed by atoms with Crippen LogP contribution < -0.4 is 5.73 Å². The maximum absolute atomic E-state index is 6.20. The molecule has 1 aliphatic rings. The number of likely N-dealkylation sites (tertiary alicyclic amines) is 1. The minimum Gasteiger partial charge on any atom is -0.323 e. The Morgan fingerprint density at radius 3 is 2.80 bits per heavy atom. The number of hydrogen-bond donors (Lipinski definition) is 1. The number of nitrogens with two attached hydrogens (primary N) is 1. The zero-order valence-corrected chi connectivity index (χ0v) is 9.61. The van der Waals surface area contributed by atoms with Crippen molar-refractivity contribution in [3.8, 4) is 0 Å². The zero-order valence-electron chi connectivity index (χ0n) is 9.61. The molecule has 0 aliphatic carbocycles. The predicted molar refractivity (Wildman–Crippen MR) is 60.3 cm³/mol. The van der Waals surface area contributed by atoms with Crippen molar-refractivity contribution in [3.63, 3.8) is 0 Å². The monoisotopic (exact) mass is 208 g/mol. The van der Waals surface area contributed by atoms with Gasteiger partial charge in [0, 0.05) is 38.4 Å². The molecular weight excluding hydrogens is 188 g/mol. The summed E-state index contributed by atoms with van der Waals surface area (Å²) in [5, 5.41) is 4.36. The van der Waals surface area contributed by atoms with Gasteiger partial charge in [0.05, 0.1) is 5.69 Å². The van der Waals surface area contributed by atoms with Crippen molar-refractivity contribution in [2.75, 3.05) is 13.1 Å². The summed E-state index contributed by atoms with van der Waals surface area (Å²) in [6.07, 6.45) is 4.29. The highest BCUT2D eigenvalue weighted by molar-refractivity contribution is 5.05. The van der Waals surface area contributed by atoms with Gasteiger partial charge in [-0.15, -0.1) is 0 Å². The van der Waals surface area contributed by atoms with Gasteiger partial charge in [0.15, 0.2) is 0 Å². The molecule has 0 radical (unpaired) electrons. The minimum atomic E-state index is 0.0729. The van der Waals surface area contributed by atoms with Crippen LogP contribution in [0.3, 0.4) is 0 Å². The van der Waals surface area contributed by atoms with Gasteiger partial charge in [-0.05, 0) is 12.5 Å². The molecule has 4 nitrogen and oxygen atoms in total. The first-order valence-electron chi connectivity index (χ1n) is 5.61. The highest BCUT2D eigenvalue weighted by Gasteiger charge is 2.38. The van der Waals surface area contributed by atoms with Gasteiger partial charge in [0.2, 0.25) is 0 Å². The number of nitrogens with zero attached hydrogens (tertiary/aromatic N) is 3. The number of hydrogen-bond acceptors (Lipinski definition) is 3. The van der Waals surface area contributed by atoms with Crippen LogP contribution in [0.2, 0.25) is 0 Å². The Labute approximate surface area is 91.1 Å². The van der Waals surface area contributed by atoms with Gasteiger partial charge in [-0.25, -0.2) is 0 Å². The molecule has 1 aliphatic heterocycles. The summed E-state index contributed by atoms with van der Waals surface area (Å²) in [6, 6.07) is 2.07. The first-order valence-corrected chi connectivity index (χ1v) is 5.61. The van der Waals surface area contributed by atoms with Gasteiger partial charge in [-0.1, -0.05) is 13.3 Å². The molecule has 1 aromatic rings. The molecule has 1 saturated heterocycles. The van der Waals surface area contributed by atoms with E-state index in [4.69, 9.17) is 5.73 Å². The van der Waals surface area contributed by atoms with Crippen molar-refractivity contribution in [1.82, 2.24) is 14.7 Å². The Balaban J connectivity index is 1.80. The SMILES string of the molecule is CCCC1(N)CN(Cc2ccn(C)n2)C1. The fourth-order valence-corrected chi connectivity index (χ4v) is 2.39. The molecule has 15 heavy (non-hydrogen) atoms. The van der Waals surface area contributed by atoms with Crippen molar-refractivity contribution in [2.45, 2.75) is 31.8 Å². The molecule has 0 amide bonds. The predicted octanol–water partition coefficient (Wildman–Crippen LogP) is 0.733. The molecular formula is C11H20N4. The van der Waals surface area contributed by atoms with Crippen molar-refractivity contribution < 1.29 is 0 Å². The van der Waals surface area contributed by atoms with Gasteiger partial charge < -0.3 is 5.73 Å². The van der Waals surface area contributed by atoms with E-state index < -0.39 is 0 Å². The summed E-state index contributed by atoms with van der Waals surface area (Å²) in [4.78, 5) is 2.36. The van der Waals surface area contributed by atoms with E-state index in [1.165, 1.54) is 6.42 Å². The Morgan fingerprint density at radius 1 is 1.53 bits per heavy atom. The number of aryl methyl sites for hydroxylation is 1. The molecule has 0 bridgehead atoms. The summed E-state index contributed by atoms with van der Waals surface area (Å²) in [5.74, 6) is 0. The quantitative estimate of drug-likeness (QED) is 0.793. The van der Waals surface area contributed by atoms with Crippen LogP contribution in [0, 0.1) is 0 Å². The van der Waals surface area contributed by atoms with E-state index in [9.17, 15) is 0 Å². The molecule has 0 spiro atoms. The molecule has 2 N–H and O–H groups in total. The second-order valence-corrected chi connectivity index (χ2v) is 4.74. The Kier molecular flexibility index (Phi) is 2.80. The van der Waals surface area contributed by atoms with Crippen LogP contribution in [-0.2, 0) is 13.6 Å². The van der Waals surface area contributed by atoms with Crippen molar-refractivity contribution in [1.29, 1.82) is 0 Å². The molecule has 84 valence electrons. The summed E-state index contributed by atoms with van der Waals surface area (Å²) in [5.41, 5.74) is 7.40. The van der Waals surface area contributed by atoms with Crippen LogP contribution in [0.25, 0.3) is 0 Å². The maximum Gasteiger partial charge on any atom is 0.0764 e. The zero-order chi connectivity index (χ0) is 10.9. The van der Waals surface area contributed by atoms with E-state index in [2.05, 4.69) is 23.0 Å². The lowest BCUT2D eigenvalue weighted by atomic mass is 9.86. The summed E-state index contributed by atoms with van der Waals surface area (Å²) in [6.45, 7) is 5.15.